The number of aryl methyl sites for hydroxylation is 1. The molecule has 2 rings (SSSR count). The fourth-order valence-electron chi connectivity index (χ4n) is 2.22. The molecule has 0 saturated carbocycles. The topological polar surface area (TPSA) is 40.2 Å². The minimum atomic E-state index is 0.177. The van der Waals surface area contributed by atoms with Crippen LogP contribution in [0.15, 0.2) is 24.4 Å². The normalized spacial score (nSPS) is 12.9. The summed E-state index contributed by atoms with van der Waals surface area (Å²) in [6.07, 6.45) is 3.05. The Morgan fingerprint density at radius 3 is 2.82 bits per heavy atom. The van der Waals surface area contributed by atoms with Gasteiger partial charge >= 0.3 is 0 Å². The second-order valence-corrected chi connectivity index (χ2v) is 4.56. The maximum absolute atomic E-state index is 5.88. The second-order valence-electron chi connectivity index (χ2n) is 4.56. The number of ether oxygens (including phenoxy) is 1. The molecule has 0 aliphatic heterocycles. The number of hydrogen-bond donors (Lipinski definition) is 1. The zero-order chi connectivity index (χ0) is 12.4. The van der Waals surface area contributed by atoms with Crippen molar-refractivity contribution in [3.63, 3.8) is 0 Å². The number of nitrogens with two attached hydrogens (primary N) is 1. The lowest BCUT2D eigenvalue weighted by Crippen LogP contribution is -2.17. The first-order valence-corrected chi connectivity index (χ1v) is 6.08. The average molecular weight is 232 g/mol. The van der Waals surface area contributed by atoms with Gasteiger partial charge in [0.2, 0.25) is 0 Å². The molecule has 0 spiro atoms. The summed E-state index contributed by atoms with van der Waals surface area (Å²) in [5, 5.41) is 1.25. The largest absolute Gasteiger partial charge is 0.494 e. The van der Waals surface area contributed by atoms with E-state index < -0.39 is 0 Å². The molecule has 2 aromatic rings. The highest BCUT2D eigenvalue weighted by atomic mass is 16.5. The molecule has 1 aromatic carbocycles. The minimum Gasteiger partial charge on any atom is -0.494 e. The lowest BCUT2D eigenvalue weighted by atomic mass is 10.1. The number of nitrogens with zero attached hydrogens (tertiary/aromatic N) is 1. The highest BCUT2D eigenvalue weighted by molar-refractivity contribution is 5.85. The molecule has 0 aliphatic carbocycles. The van der Waals surface area contributed by atoms with Crippen molar-refractivity contribution in [1.29, 1.82) is 0 Å². The molecule has 0 saturated heterocycles. The highest BCUT2D eigenvalue weighted by Gasteiger charge is 2.09. The molecule has 0 aliphatic rings. The lowest BCUT2D eigenvalue weighted by Gasteiger charge is -2.05. The first kappa shape index (κ1) is 12.0. The number of rotatable bonds is 4. The Hall–Kier alpha value is -1.48. The molecule has 1 unspecified atom stereocenters. The molecule has 17 heavy (non-hydrogen) atoms. The highest BCUT2D eigenvalue weighted by Crippen LogP contribution is 2.26. The quantitative estimate of drug-likeness (QED) is 0.879. The fraction of sp³-hybridized carbons (Fsp3) is 0.429. The van der Waals surface area contributed by atoms with E-state index in [0.717, 1.165) is 12.2 Å². The summed E-state index contributed by atoms with van der Waals surface area (Å²) in [5.41, 5.74) is 8.40. The molecular weight excluding hydrogens is 212 g/mol. The lowest BCUT2D eigenvalue weighted by molar-refractivity contribution is 0.340. The number of aromatic nitrogens is 1. The van der Waals surface area contributed by atoms with Crippen molar-refractivity contribution in [3.05, 3.63) is 30.0 Å². The summed E-state index contributed by atoms with van der Waals surface area (Å²) >= 11 is 0. The first-order valence-electron chi connectivity index (χ1n) is 6.08. The van der Waals surface area contributed by atoms with E-state index in [1.165, 1.54) is 16.5 Å². The van der Waals surface area contributed by atoms with Gasteiger partial charge in [0.05, 0.1) is 6.61 Å². The van der Waals surface area contributed by atoms with Gasteiger partial charge in [0, 0.05) is 30.2 Å². The monoisotopic (exact) mass is 232 g/mol. The van der Waals surface area contributed by atoms with Crippen LogP contribution in [0.4, 0.5) is 0 Å². The van der Waals surface area contributed by atoms with Gasteiger partial charge in [-0.3, -0.25) is 0 Å². The summed E-state index contributed by atoms with van der Waals surface area (Å²) in [6, 6.07) is 6.40. The summed E-state index contributed by atoms with van der Waals surface area (Å²) in [4.78, 5) is 0. The zero-order valence-corrected chi connectivity index (χ0v) is 10.7. The van der Waals surface area contributed by atoms with E-state index in [0.29, 0.717) is 6.61 Å². The van der Waals surface area contributed by atoms with Crippen LogP contribution in [0.1, 0.15) is 19.4 Å². The van der Waals surface area contributed by atoms with Gasteiger partial charge in [0.1, 0.15) is 5.75 Å². The van der Waals surface area contributed by atoms with Crippen LogP contribution in [-0.4, -0.2) is 17.2 Å². The van der Waals surface area contributed by atoms with Crippen LogP contribution < -0.4 is 10.5 Å². The Balaban J connectivity index is 2.48. The summed E-state index contributed by atoms with van der Waals surface area (Å²) in [5.74, 6) is 0.928. The van der Waals surface area contributed by atoms with Crippen molar-refractivity contribution < 1.29 is 4.74 Å². The van der Waals surface area contributed by atoms with E-state index in [-0.39, 0.29) is 6.04 Å². The molecule has 0 radical (unpaired) electrons. The summed E-state index contributed by atoms with van der Waals surface area (Å²) in [6.45, 7) is 4.73. The van der Waals surface area contributed by atoms with Crippen molar-refractivity contribution in [2.45, 2.75) is 26.3 Å². The Bertz CT molecular complexity index is 514. The number of fused-ring (bicyclic) bond motifs is 1. The van der Waals surface area contributed by atoms with Gasteiger partial charge in [-0.2, -0.15) is 0 Å². The molecule has 0 amide bonds. The van der Waals surface area contributed by atoms with Gasteiger partial charge in [-0.25, -0.2) is 0 Å². The molecule has 3 nitrogen and oxygen atoms in total. The van der Waals surface area contributed by atoms with Crippen molar-refractivity contribution in [2.24, 2.45) is 12.8 Å². The van der Waals surface area contributed by atoms with Crippen molar-refractivity contribution >= 4 is 10.9 Å². The summed E-state index contributed by atoms with van der Waals surface area (Å²) in [7, 11) is 2.06. The third-order valence-electron chi connectivity index (χ3n) is 2.90. The SMILES string of the molecule is CCOc1ccc2c(c1)c(CC(C)N)cn2C. The molecule has 1 heterocycles. The van der Waals surface area contributed by atoms with E-state index in [9.17, 15) is 0 Å². The van der Waals surface area contributed by atoms with E-state index in [2.05, 4.69) is 29.9 Å². The molecule has 0 bridgehead atoms. The van der Waals surface area contributed by atoms with Gasteiger partial charge in [-0.15, -0.1) is 0 Å². The van der Waals surface area contributed by atoms with Crippen molar-refractivity contribution in [3.8, 4) is 5.75 Å². The Labute approximate surface area is 102 Å². The smallest absolute Gasteiger partial charge is 0.120 e. The van der Waals surface area contributed by atoms with Crippen molar-refractivity contribution in [1.82, 2.24) is 4.57 Å². The van der Waals surface area contributed by atoms with Crippen LogP contribution >= 0.6 is 0 Å². The van der Waals surface area contributed by atoms with Gasteiger partial charge in [0.15, 0.2) is 0 Å². The van der Waals surface area contributed by atoms with E-state index in [4.69, 9.17) is 10.5 Å². The maximum atomic E-state index is 5.88. The van der Waals surface area contributed by atoms with Crippen LogP contribution in [0.3, 0.4) is 0 Å². The van der Waals surface area contributed by atoms with Crippen LogP contribution in [-0.2, 0) is 13.5 Å². The first-order chi connectivity index (χ1) is 8.11. The molecule has 1 aromatic heterocycles. The van der Waals surface area contributed by atoms with Crippen molar-refractivity contribution in [2.75, 3.05) is 6.61 Å². The minimum absolute atomic E-state index is 0.177. The average Bonchev–Trinajstić information content (AvgIpc) is 2.55. The van der Waals surface area contributed by atoms with Crippen LogP contribution in [0, 0.1) is 0 Å². The molecule has 0 fully saturated rings. The van der Waals surface area contributed by atoms with E-state index in [1.807, 2.05) is 19.9 Å². The van der Waals surface area contributed by atoms with Gasteiger partial charge in [-0.1, -0.05) is 0 Å². The Morgan fingerprint density at radius 1 is 1.41 bits per heavy atom. The van der Waals surface area contributed by atoms with Crippen LogP contribution in [0.25, 0.3) is 10.9 Å². The van der Waals surface area contributed by atoms with Crippen LogP contribution in [0.2, 0.25) is 0 Å². The predicted octanol–water partition coefficient (Wildman–Crippen LogP) is 2.47. The molecule has 92 valence electrons. The van der Waals surface area contributed by atoms with Gasteiger partial charge < -0.3 is 15.0 Å². The van der Waals surface area contributed by atoms with Gasteiger partial charge in [-0.05, 0) is 44.0 Å². The second kappa shape index (κ2) is 4.80. The van der Waals surface area contributed by atoms with E-state index >= 15 is 0 Å². The molecule has 2 N–H and O–H groups in total. The van der Waals surface area contributed by atoms with E-state index in [1.54, 1.807) is 0 Å². The third-order valence-corrected chi connectivity index (χ3v) is 2.90. The number of hydrogen-bond acceptors (Lipinski definition) is 2. The third kappa shape index (κ3) is 2.44. The zero-order valence-electron chi connectivity index (χ0n) is 10.7. The maximum Gasteiger partial charge on any atom is 0.120 e. The van der Waals surface area contributed by atoms with Crippen LogP contribution in [0.5, 0.6) is 5.75 Å². The Morgan fingerprint density at radius 2 is 2.18 bits per heavy atom. The fourth-order valence-corrected chi connectivity index (χ4v) is 2.22. The number of benzene rings is 1. The summed E-state index contributed by atoms with van der Waals surface area (Å²) < 4.78 is 7.68. The molecular formula is C14H20N2O. The Kier molecular flexibility index (Phi) is 3.38. The molecule has 1 atom stereocenters. The molecule has 3 heteroatoms. The standard InChI is InChI=1S/C14H20N2O/c1-4-17-12-5-6-14-13(8-12)11(7-10(2)15)9-16(14)3/h5-6,8-10H,4,7,15H2,1-3H3. The predicted molar refractivity (Wildman–Crippen MR) is 71.4 cm³/mol. The van der Waals surface area contributed by atoms with Gasteiger partial charge in [0.25, 0.3) is 0 Å².